The fourth-order valence-electron chi connectivity index (χ4n) is 3.31. The number of hydrogen-bond acceptors (Lipinski definition) is 3. The molecular formula is C22H23FN2O2. The Morgan fingerprint density at radius 3 is 2.56 bits per heavy atom. The first-order chi connectivity index (χ1) is 13.0. The van der Waals surface area contributed by atoms with Crippen molar-refractivity contribution in [3.05, 3.63) is 71.7 Å². The van der Waals surface area contributed by atoms with E-state index in [1.165, 1.54) is 12.1 Å². The standard InChI is InChI=1S/C22H23FN2O2/c1-5-7-17-12-13-18-19(14(3)4)20(22(26)27-6-2)21(24-25(17)18)15-8-10-16(23)11-9-15/h5,8-14H,1,6-7H2,2-4H3. The second-order valence-corrected chi connectivity index (χ2v) is 6.63. The number of aromatic nitrogens is 2. The molecule has 3 rings (SSSR count). The summed E-state index contributed by atoms with van der Waals surface area (Å²) in [7, 11) is 0. The molecule has 0 aliphatic carbocycles. The Balaban J connectivity index is 2.40. The highest BCUT2D eigenvalue weighted by Crippen LogP contribution is 2.33. The number of benzene rings is 1. The average molecular weight is 366 g/mol. The highest BCUT2D eigenvalue weighted by atomic mass is 19.1. The van der Waals surface area contributed by atoms with E-state index < -0.39 is 5.97 Å². The lowest BCUT2D eigenvalue weighted by molar-refractivity contribution is 0.0525. The SMILES string of the molecule is C=CCc1ccc2c(C(C)C)c(C(=O)OCC)c(-c3ccc(F)cc3)nn12. The largest absolute Gasteiger partial charge is 0.462 e. The van der Waals surface area contributed by atoms with E-state index in [1.54, 1.807) is 19.1 Å². The molecule has 2 aromatic heterocycles. The number of esters is 1. The zero-order chi connectivity index (χ0) is 19.6. The molecule has 4 nitrogen and oxygen atoms in total. The van der Waals surface area contributed by atoms with Gasteiger partial charge in [0.1, 0.15) is 11.5 Å². The predicted octanol–water partition coefficient (Wildman–Crippen LogP) is 5.17. The van der Waals surface area contributed by atoms with Crippen molar-refractivity contribution in [3.8, 4) is 11.3 Å². The summed E-state index contributed by atoms with van der Waals surface area (Å²) in [5, 5.41) is 4.75. The van der Waals surface area contributed by atoms with Gasteiger partial charge in [-0.1, -0.05) is 19.9 Å². The van der Waals surface area contributed by atoms with Crippen molar-refractivity contribution in [2.75, 3.05) is 6.61 Å². The van der Waals surface area contributed by atoms with Crippen molar-refractivity contribution < 1.29 is 13.9 Å². The van der Waals surface area contributed by atoms with Gasteiger partial charge in [-0.05, 0) is 54.8 Å². The molecular weight excluding hydrogens is 343 g/mol. The van der Waals surface area contributed by atoms with Crippen LogP contribution in [0.1, 0.15) is 48.3 Å². The Labute approximate surface area is 158 Å². The molecule has 27 heavy (non-hydrogen) atoms. The summed E-state index contributed by atoms with van der Waals surface area (Å²) >= 11 is 0. The zero-order valence-electron chi connectivity index (χ0n) is 15.8. The zero-order valence-corrected chi connectivity index (χ0v) is 15.8. The van der Waals surface area contributed by atoms with Crippen LogP contribution < -0.4 is 0 Å². The summed E-state index contributed by atoms with van der Waals surface area (Å²) in [5.41, 5.74) is 4.32. The van der Waals surface area contributed by atoms with Gasteiger partial charge in [0.25, 0.3) is 0 Å². The molecule has 0 aliphatic rings. The molecule has 0 amide bonds. The number of fused-ring (bicyclic) bond motifs is 1. The first-order valence-corrected chi connectivity index (χ1v) is 9.06. The third-order valence-electron chi connectivity index (χ3n) is 4.44. The number of hydrogen-bond donors (Lipinski definition) is 0. The van der Waals surface area contributed by atoms with Crippen LogP contribution in [0.15, 0.2) is 49.1 Å². The minimum Gasteiger partial charge on any atom is -0.462 e. The third kappa shape index (κ3) is 3.50. The number of ether oxygens (including phenoxy) is 1. The van der Waals surface area contributed by atoms with E-state index in [2.05, 4.69) is 6.58 Å². The number of allylic oxidation sites excluding steroid dienone is 1. The van der Waals surface area contributed by atoms with E-state index in [9.17, 15) is 9.18 Å². The maximum atomic E-state index is 13.4. The van der Waals surface area contributed by atoms with Crippen LogP contribution in [0.5, 0.6) is 0 Å². The van der Waals surface area contributed by atoms with Gasteiger partial charge >= 0.3 is 5.97 Å². The second kappa shape index (κ2) is 7.74. The highest BCUT2D eigenvalue weighted by Gasteiger charge is 2.26. The van der Waals surface area contributed by atoms with Gasteiger partial charge in [-0.25, -0.2) is 13.7 Å². The molecule has 140 valence electrons. The van der Waals surface area contributed by atoms with E-state index in [-0.39, 0.29) is 18.3 Å². The minimum absolute atomic E-state index is 0.0700. The lowest BCUT2D eigenvalue weighted by Gasteiger charge is -2.18. The quantitative estimate of drug-likeness (QED) is 0.446. The molecule has 0 N–H and O–H groups in total. The Morgan fingerprint density at radius 2 is 1.96 bits per heavy atom. The van der Waals surface area contributed by atoms with Crippen LogP contribution in [0.4, 0.5) is 4.39 Å². The number of carbonyl (C=O) groups is 1. The van der Waals surface area contributed by atoms with Crippen LogP contribution in [0, 0.1) is 5.82 Å². The minimum atomic E-state index is -0.415. The van der Waals surface area contributed by atoms with Crippen molar-refractivity contribution in [2.45, 2.75) is 33.1 Å². The average Bonchev–Trinajstić information content (AvgIpc) is 3.04. The van der Waals surface area contributed by atoms with Gasteiger partial charge in [0, 0.05) is 17.7 Å². The summed E-state index contributed by atoms with van der Waals surface area (Å²) in [4.78, 5) is 12.8. The number of carbonyl (C=O) groups excluding carboxylic acids is 1. The Morgan fingerprint density at radius 1 is 1.26 bits per heavy atom. The number of nitrogens with zero attached hydrogens (tertiary/aromatic N) is 2. The molecule has 0 radical (unpaired) electrons. The van der Waals surface area contributed by atoms with Crippen molar-refractivity contribution in [3.63, 3.8) is 0 Å². The second-order valence-electron chi connectivity index (χ2n) is 6.63. The van der Waals surface area contributed by atoms with Crippen molar-refractivity contribution in [2.24, 2.45) is 0 Å². The van der Waals surface area contributed by atoms with E-state index in [1.807, 2.05) is 36.6 Å². The van der Waals surface area contributed by atoms with Crippen LogP contribution in [0.3, 0.4) is 0 Å². The fourth-order valence-corrected chi connectivity index (χ4v) is 3.31. The van der Waals surface area contributed by atoms with Crippen LogP contribution in [-0.4, -0.2) is 22.2 Å². The van der Waals surface area contributed by atoms with Crippen molar-refractivity contribution >= 4 is 11.5 Å². The first-order valence-electron chi connectivity index (χ1n) is 9.06. The molecule has 5 heteroatoms. The molecule has 0 bridgehead atoms. The fraction of sp³-hybridized carbons (Fsp3) is 0.273. The van der Waals surface area contributed by atoms with Gasteiger partial charge < -0.3 is 4.74 Å². The van der Waals surface area contributed by atoms with E-state index in [4.69, 9.17) is 9.84 Å². The highest BCUT2D eigenvalue weighted by molar-refractivity contribution is 5.99. The Kier molecular flexibility index (Phi) is 5.40. The number of halogens is 1. The molecule has 3 aromatic rings. The third-order valence-corrected chi connectivity index (χ3v) is 4.44. The van der Waals surface area contributed by atoms with Gasteiger partial charge in [0.05, 0.1) is 17.7 Å². The van der Waals surface area contributed by atoms with Crippen LogP contribution in [-0.2, 0) is 11.2 Å². The molecule has 2 heterocycles. The van der Waals surface area contributed by atoms with Gasteiger partial charge in [-0.2, -0.15) is 5.10 Å². The summed E-state index contributed by atoms with van der Waals surface area (Å²) < 4.78 is 20.6. The van der Waals surface area contributed by atoms with Crippen molar-refractivity contribution in [1.82, 2.24) is 9.61 Å². The summed E-state index contributed by atoms with van der Waals surface area (Å²) in [6.45, 7) is 9.92. The lowest BCUT2D eigenvalue weighted by Crippen LogP contribution is -2.15. The van der Waals surface area contributed by atoms with Crippen molar-refractivity contribution in [1.29, 1.82) is 0 Å². The van der Waals surface area contributed by atoms with Gasteiger partial charge in [-0.15, -0.1) is 6.58 Å². The molecule has 0 aliphatic heterocycles. The van der Waals surface area contributed by atoms with Gasteiger partial charge in [0.15, 0.2) is 0 Å². The Bertz CT molecular complexity index is 988. The van der Waals surface area contributed by atoms with Crippen LogP contribution in [0.25, 0.3) is 16.8 Å². The van der Waals surface area contributed by atoms with Crippen LogP contribution in [0.2, 0.25) is 0 Å². The molecule has 0 saturated heterocycles. The summed E-state index contributed by atoms with van der Waals surface area (Å²) in [6, 6.07) is 9.95. The van der Waals surface area contributed by atoms with E-state index in [0.717, 1.165) is 16.8 Å². The maximum absolute atomic E-state index is 13.4. The van der Waals surface area contributed by atoms with E-state index in [0.29, 0.717) is 23.2 Å². The topological polar surface area (TPSA) is 43.6 Å². The van der Waals surface area contributed by atoms with Gasteiger partial charge in [-0.3, -0.25) is 0 Å². The molecule has 0 saturated carbocycles. The molecule has 0 fully saturated rings. The normalized spacial score (nSPS) is 11.1. The summed E-state index contributed by atoms with van der Waals surface area (Å²) in [5.74, 6) is -0.683. The predicted molar refractivity (Wildman–Crippen MR) is 105 cm³/mol. The summed E-state index contributed by atoms with van der Waals surface area (Å²) in [6.07, 6.45) is 2.47. The number of rotatable bonds is 6. The smallest absolute Gasteiger partial charge is 0.340 e. The molecule has 0 atom stereocenters. The Hall–Kier alpha value is -2.95. The maximum Gasteiger partial charge on any atom is 0.340 e. The van der Waals surface area contributed by atoms with E-state index >= 15 is 0 Å². The van der Waals surface area contributed by atoms with Crippen LogP contribution >= 0.6 is 0 Å². The monoisotopic (exact) mass is 366 g/mol. The molecule has 0 spiro atoms. The lowest BCUT2D eigenvalue weighted by atomic mass is 9.93. The first kappa shape index (κ1) is 18.8. The van der Waals surface area contributed by atoms with Gasteiger partial charge in [0.2, 0.25) is 0 Å². The molecule has 0 unspecified atom stereocenters. The molecule has 1 aromatic carbocycles.